The highest BCUT2D eigenvalue weighted by Gasteiger charge is 2.24. The Morgan fingerprint density at radius 2 is 1.71 bits per heavy atom. The summed E-state index contributed by atoms with van der Waals surface area (Å²) in [6, 6.07) is 7.84. The van der Waals surface area contributed by atoms with E-state index in [2.05, 4.69) is 27.1 Å². The summed E-state index contributed by atoms with van der Waals surface area (Å²) in [7, 11) is 2.14. The number of aryl methyl sites for hydroxylation is 3. The Morgan fingerprint density at radius 3 is 2.39 bits per heavy atom. The van der Waals surface area contributed by atoms with Crippen LogP contribution in [-0.2, 0) is 0 Å². The molecule has 4 rings (SSSR count). The van der Waals surface area contributed by atoms with E-state index in [1.165, 1.54) is 16.9 Å². The van der Waals surface area contributed by atoms with E-state index in [1.807, 2.05) is 45.0 Å². The quantitative estimate of drug-likeness (QED) is 0.734. The molecule has 0 aliphatic carbocycles. The highest BCUT2D eigenvalue weighted by molar-refractivity contribution is 7.20. The number of carbonyl (C=O) groups is 1. The number of anilines is 2. The number of fused-ring (bicyclic) bond motifs is 1. The number of likely N-dealkylation sites (N-methyl/N-ethyl adjacent to an activating group) is 1. The predicted molar refractivity (Wildman–Crippen MR) is 116 cm³/mol. The van der Waals surface area contributed by atoms with Gasteiger partial charge in [-0.15, -0.1) is 11.3 Å². The van der Waals surface area contributed by atoms with Crippen molar-refractivity contribution < 1.29 is 4.79 Å². The van der Waals surface area contributed by atoms with Gasteiger partial charge in [-0.3, -0.25) is 4.79 Å². The SMILES string of the molecule is Cc1ccc(NC(=O)c2sc3nc(C)nc(N4CCN(C)CC4)c3c2C)cc1. The first-order valence-corrected chi connectivity index (χ1v) is 10.3. The number of aromatic nitrogens is 2. The largest absolute Gasteiger partial charge is 0.353 e. The topological polar surface area (TPSA) is 61.4 Å². The molecule has 0 unspecified atom stereocenters. The lowest BCUT2D eigenvalue weighted by Crippen LogP contribution is -2.45. The number of hydrogen-bond donors (Lipinski definition) is 1. The lowest BCUT2D eigenvalue weighted by Gasteiger charge is -2.33. The van der Waals surface area contributed by atoms with Crippen LogP contribution in [0.25, 0.3) is 10.2 Å². The summed E-state index contributed by atoms with van der Waals surface area (Å²) in [5.41, 5.74) is 2.92. The van der Waals surface area contributed by atoms with E-state index in [0.29, 0.717) is 4.88 Å². The van der Waals surface area contributed by atoms with Gasteiger partial charge in [0.15, 0.2) is 0 Å². The molecule has 1 N–H and O–H groups in total. The van der Waals surface area contributed by atoms with Crippen LogP contribution < -0.4 is 10.2 Å². The summed E-state index contributed by atoms with van der Waals surface area (Å²) < 4.78 is 0. The maximum absolute atomic E-state index is 12.9. The van der Waals surface area contributed by atoms with Crippen LogP contribution in [0.3, 0.4) is 0 Å². The van der Waals surface area contributed by atoms with Crippen molar-refractivity contribution >= 4 is 39.0 Å². The minimum absolute atomic E-state index is 0.0914. The zero-order chi connectivity index (χ0) is 19.8. The van der Waals surface area contributed by atoms with E-state index in [1.54, 1.807) is 0 Å². The van der Waals surface area contributed by atoms with Crippen molar-refractivity contribution in [1.82, 2.24) is 14.9 Å². The molecule has 0 atom stereocenters. The van der Waals surface area contributed by atoms with Gasteiger partial charge in [-0.2, -0.15) is 0 Å². The fourth-order valence-electron chi connectivity index (χ4n) is 3.51. The first kappa shape index (κ1) is 18.8. The molecule has 0 bridgehead atoms. The molecule has 1 fully saturated rings. The predicted octanol–water partition coefficient (Wildman–Crippen LogP) is 3.62. The summed E-state index contributed by atoms with van der Waals surface area (Å²) in [5.74, 6) is 1.61. The number of piperazine rings is 1. The van der Waals surface area contributed by atoms with Crippen LogP contribution in [0.4, 0.5) is 11.5 Å². The molecule has 2 aromatic heterocycles. The smallest absolute Gasteiger partial charge is 0.266 e. The number of amides is 1. The van der Waals surface area contributed by atoms with Crippen molar-refractivity contribution in [2.24, 2.45) is 0 Å². The number of benzene rings is 1. The third kappa shape index (κ3) is 3.59. The molecule has 7 heteroatoms. The van der Waals surface area contributed by atoms with Gasteiger partial charge >= 0.3 is 0 Å². The van der Waals surface area contributed by atoms with Crippen LogP contribution in [0.2, 0.25) is 0 Å². The van der Waals surface area contributed by atoms with Crippen molar-refractivity contribution in [3.8, 4) is 0 Å². The monoisotopic (exact) mass is 395 g/mol. The zero-order valence-electron chi connectivity index (χ0n) is 16.7. The third-order valence-corrected chi connectivity index (χ3v) is 6.39. The molecule has 3 heterocycles. The Hall–Kier alpha value is -2.51. The maximum Gasteiger partial charge on any atom is 0.266 e. The molecule has 0 spiro atoms. The molecule has 1 amide bonds. The van der Waals surface area contributed by atoms with Crippen LogP contribution in [0.5, 0.6) is 0 Å². The molecular weight excluding hydrogens is 370 g/mol. The van der Waals surface area contributed by atoms with Crippen molar-refractivity contribution in [3.63, 3.8) is 0 Å². The normalized spacial score (nSPS) is 15.2. The summed E-state index contributed by atoms with van der Waals surface area (Å²) >= 11 is 1.45. The van der Waals surface area contributed by atoms with E-state index in [4.69, 9.17) is 4.98 Å². The van der Waals surface area contributed by atoms with Gasteiger partial charge < -0.3 is 15.1 Å². The lowest BCUT2D eigenvalue weighted by atomic mass is 10.1. The molecule has 28 heavy (non-hydrogen) atoms. The zero-order valence-corrected chi connectivity index (χ0v) is 17.6. The standard InChI is InChI=1S/C21H25N5OS/c1-13-5-7-16(8-6-13)24-20(27)18-14(2)17-19(22-15(3)23-21(17)28-18)26-11-9-25(4)10-12-26/h5-8H,9-12H2,1-4H3,(H,24,27). The molecule has 146 valence electrons. The van der Waals surface area contributed by atoms with E-state index >= 15 is 0 Å². The molecule has 6 nitrogen and oxygen atoms in total. The average molecular weight is 396 g/mol. The van der Waals surface area contributed by atoms with E-state index in [-0.39, 0.29) is 5.91 Å². The Bertz CT molecular complexity index is 1020. The molecule has 3 aromatic rings. The average Bonchev–Trinajstić information content (AvgIpc) is 3.00. The number of rotatable bonds is 3. The van der Waals surface area contributed by atoms with Gasteiger partial charge in [0.25, 0.3) is 5.91 Å². The van der Waals surface area contributed by atoms with Gasteiger partial charge in [-0.1, -0.05) is 17.7 Å². The third-order valence-electron chi connectivity index (χ3n) is 5.20. The maximum atomic E-state index is 12.9. The van der Waals surface area contributed by atoms with Crippen molar-refractivity contribution in [1.29, 1.82) is 0 Å². The minimum Gasteiger partial charge on any atom is -0.353 e. The van der Waals surface area contributed by atoms with Gasteiger partial charge in [0.05, 0.1) is 10.3 Å². The summed E-state index contributed by atoms with van der Waals surface area (Å²) in [4.78, 5) is 28.5. The molecule has 1 saturated heterocycles. The fourth-order valence-corrected chi connectivity index (χ4v) is 4.63. The molecule has 1 aromatic carbocycles. The lowest BCUT2D eigenvalue weighted by molar-refractivity contribution is 0.103. The summed E-state index contributed by atoms with van der Waals surface area (Å²) in [6.45, 7) is 9.83. The van der Waals surface area contributed by atoms with Crippen molar-refractivity contribution in [3.05, 3.63) is 46.1 Å². The molecule has 0 saturated carbocycles. The van der Waals surface area contributed by atoms with Crippen LogP contribution in [-0.4, -0.2) is 54.0 Å². The Morgan fingerprint density at radius 1 is 1.04 bits per heavy atom. The van der Waals surface area contributed by atoms with E-state index in [0.717, 1.165) is 59.3 Å². The second-order valence-corrected chi connectivity index (χ2v) is 8.44. The van der Waals surface area contributed by atoms with Crippen LogP contribution in [0.15, 0.2) is 24.3 Å². The Labute approximate surface area is 169 Å². The number of nitrogens with one attached hydrogen (secondary N) is 1. The first-order chi connectivity index (χ1) is 13.4. The van der Waals surface area contributed by atoms with Crippen molar-refractivity contribution in [2.45, 2.75) is 20.8 Å². The second-order valence-electron chi connectivity index (χ2n) is 7.44. The highest BCUT2D eigenvalue weighted by atomic mass is 32.1. The molecule has 1 aliphatic heterocycles. The number of hydrogen-bond acceptors (Lipinski definition) is 6. The minimum atomic E-state index is -0.0914. The summed E-state index contributed by atoms with van der Waals surface area (Å²) in [5, 5.41) is 4.02. The van der Waals surface area contributed by atoms with Gasteiger partial charge in [0.2, 0.25) is 0 Å². The molecule has 0 radical (unpaired) electrons. The summed E-state index contributed by atoms with van der Waals surface area (Å²) in [6.07, 6.45) is 0. The Kier molecular flexibility index (Phi) is 5.03. The highest BCUT2D eigenvalue weighted by Crippen LogP contribution is 2.36. The molecular formula is C21H25N5OS. The van der Waals surface area contributed by atoms with Gasteiger partial charge in [-0.05, 0) is 45.5 Å². The fraction of sp³-hybridized carbons (Fsp3) is 0.381. The van der Waals surface area contributed by atoms with E-state index < -0.39 is 0 Å². The van der Waals surface area contributed by atoms with Gasteiger partial charge in [0, 0.05) is 31.9 Å². The van der Waals surface area contributed by atoms with Gasteiger partial charge in [-0.25, -0.2) is 9.97 Å². The van der Waals surface area contributed by atoms with Crippen LogP contribution >= 0.6 is 11.3 Å². The first-order valence-electron chi connectivity index (χ1n) is 9.51. The van der Waals surface area contributed by atoms with E-state index in [9.17, 15) is 4.79 Å². The van der Waals surface area contributed by atoms with Crippen LogP contribution in [0.1, 0.15) is 26.6 Å². The number of thiophene rings is 1. The number of nitrogens with zero attached hydrogens (tertiary/aromatic N) is 4. The molecule has 1 aliphatic rings. The second kappa shape index (κ2) is 7.48. The number of carbonyl (C=O) groups excluding carboxylic acids is 1. The van der Waals surface area contributed by atoms with Gasteiger partial charge in [0.1, 0.15) is 16.5 Å². The van der Waals surface area contributed by atoms with Crippen molar-refractivity contribution in [2.75, 3.05) is 43.4 Å². The van der Waals surface area contributed by atoms with Crippen LogP contribution in [0, 0.1) is 20.8 Å². The Balaban J connectivity index is 1.70.